The summed E-state index contributed by atoms with van der Waals surface area (Å²) in [6.07, 6.45) is 0.888. The van der Waals surface area contributed by atoms with Gasteiger partial charge in [-0.25, -0.2) is 0 Å². The maximum atomic E-state index is 12.7. The third-order valence-corrected chi connectivity index (χ3v) is 5.59. The highest BCUT2D eigenvalue weighted by Gasteiger charge is 2.31. The van der Waals surface area contributed by atoms with Crippen molar-refractivity contribution in [2.24, 2.45) is 0 Å². The lowest BCUT2D eigenvalue weighted by molar-refractivity contribution is -0.137. The molecule has 0 heterocycles. The van der Waals surface area contributed by atoms with Gasteiger partial charge in [-0.3, -0.25) is 0 Å². The fraction of sp³-hybridized carbons (Fsp3) is 0.625. The van der Waals surface area contributed by atoms with Crippen molar-refractivity contribution < 1.29 is 13.2 Å². The molecule has 1 aliphatic rings. The van der Waals surface area contributed by atoms with E-state index in [1.165, 1.54) is 37.8 Å². The summed E-state index contributed by atoms with van der Waals surface area (Å²) >= 11 is 1.95. The Morgan fingerprint density at radius 1 is 1.29 bits per heavy atom. The monoisotopic (exact) mass is 317 g/mol. The van der Waals surface area contributed by atoms with Gasteiger partial charge < -0.3 is 5.32 Å². The molecule has 1 nitrogen and oxygen atoms in total. The molecule has 0 radical (unpaired) electrons. The minimum Gasteiger partial charge on any atom is -0.312 e. The lowest BCUT2D eigenvalue weighted by Crippen LogP contribution is -2.21. The van der Waals surface area contributed by atoms with Crippen LogP contribution >= 0.6 is 11.8 Å². The average molecular weight is 317 g/mol. The Hall–Kier alpha value is -0.680. The van der Waals surface area contributed by atoms with E-state index in [-0.39, 0.29) is 6.04 Å². The van der Waals surface area contributed by atoms with Crippen molar-refractivity contribution in [1.29, 1.82) is 0 Å². The van der Waals surface area contributed by atoms with Gasteiger partial charge in [-0.15, -0.1) is 0 Å². The van der Waals surface area contributed by atoms with Gasteiger partial charge in [-0.1, -0.05) is 18.9 Å². The summed E-state index contributed by atoms with van der Waals surface area (Å²) < 4.78 is 38.1. The summed E-state index contributed by atoms with van der Waals surface area (Å²) in [7, 11) is 1.87. The molecular formula is C16H22F3NS. The number of nitrogens with one attached hydrogen (secondary N) is 1. The first-order valence-corrected chi connectivity index (χ1v) is 8.43. The molecule has 1 aromatic carbocycles. The fourth-order valence-electron chi connectivity index (χ4n) is 2.86. The van der Waals surface area contributed by atoms with Crippen LogP contribution in [0.15, 0.2) is 18.2 Å². The van der Waals surface area contributed by atoms with Gasteiger partial charge in [0.05, 0.1) is 5.56 Å². The number of halogens is 3. The van der Waals surface area contributed by atoms with Gasteiger partial charge in [0.2, 0.25) is 0 Å². The van der Waals surface area contributed by atoms with Crippen LogP contribution in [0.1, 0.15) is 48.4 Å². The Morgan fingerprint density at radius 2 is 1.95 bits per heavy atom. The smallest absolute Gasteiger partial charge is 0.312 e. The van der Waals surface area contributed by atoms with Crippen LogP contribution in [0.2, 0.25) is 0 Å². The first-order chi connectivity index (χ1) is 9.91. The zero-order valence-electron chi connectivity index (χ0n) is 12.5. The average Bonchev–Trinajstić information content (AvgIpc) is 2.93. The lowest BCUT2D eigenvalue weighted by Gasteiger charge is -2.21. The van der Waals surface area contributed by atoms with Crippen LogP contribution in [0.4, 0.5) is 13.2 Å². The van der Waals surface area contributed by atoms with Crippen molar-refractivity contribution in [2.45, 2.75) is 50.1 Å². The Labute approximate surface area is 128 Å². The van der Waals surface area contributed by atoms with E-state index in [4.69, 9.17) is 0 Å². The molecule has 118 valence electrons. The summed E-state index contributed by atoms with van der Waals surface area (Å²) in [5.41, 5.74) is 1.11. The number of rotatable bonds is 5. The highest BCUT2D eigenvalue weighted by atomic mass is 32.2. The molecule has 1 unspecified atom stereocenters. The number of alkyl halides is 3. The van der Waals surface area contributed by atoms with Crippen LogP contribution in [0.5, 0.6) is 0 Å². The highest BCUT2D eigenvalue weighted by molar-refractivity contribution is 7.99. The number of hydrogen-bond donors (Lipinski definition) is 1. The zero-order valence-corrected chi connectivity index (χ0v) is 13.3. The fourth-order valence-corrected chi connectivity index (χ4v) is 4.34. The molecule has 0 aliphatic heterocycles. The van der Waals surface area contributed by atoms with E-state index in [9.17, 15) is 13.2 Å². The molecular weight excluding hydrogens is 295 g/mol. The number of aryl methyl sites for hydroxylation is 1. The summed E-state index contributed by atoms with van der Waals surface area (Å²) in [6, 6.07) is 4.17. The minimum atomic E-state index is -4.27. The first kappa shape index (κ1) is 16.7. The van der Waals surface area contributed by atoms with E-state index in [0.717, 1.165) is 16.6 Å². The molecule has 1 fully saturated rings. The summed E-state index contributed by atoms with van der Waals surface area (Å²) in [5, 5.41) is 3.96. The number of thioether (sulfide) groups is 1. The maximum absolute atomic E-state index is 12.7. The van der Waals surface area contributed by atoms with E-state index in [1.807, 2.05) is 18.8 Å². The molecule has 0 spiro atoms. The first-order valence-electron chi connectivity index (χ1n) is 7.38. The van der Waals surface area contributed by atoms with Crippen LogP contribution in [0.3, 0.4) is 0 Å². The van der Waals surface area contributed by atoms with Crippen molar-refractivity contribution in [3.8, 4) is 0 Å². The van der Waals surface area contributed by atoms with Crippen molar-refractivity contribution in [3.05, 3.63) is 34.9 Å². The molecule has 0 amide bonds. The van der Waals surface area contributed by atoms with E-state index in [2.05, 4.69) is 5.32 Å². The molecule has 0 aromatic heterocycles. The van der Waals surface area contributed by atoms with Crippen LogP contribution in [0.25, 0.3) is 0 Å². The standard InChI is InChI=1S/C16H22F3NS/c1-11-9-12(16(17,18)19)7-8-14(11)15(20-2)10-21-13-5-3-4-6-13/h7-9,13,15,20H,3-6,10H2,1-2H3. The van der Waals surface area contributed by atoms with Gasteiger partial charge in [-0.05, 0) is 50.1 Å². The Balaban J connectivity index is 2.06. The molecule has 1 N–H and O–H groups in total. The summed E-state index contributed by atoms with van der Waals surface area (Å²) in [6.45, 7) is 1.76. The third kappa shape index (κ3) is 4.39. The normalized spacial score (nSPS) is 18.1. The Morgan fingerprint density at radius 3 is 2.48 bits per heavy atom. The quantitative estimate of drug-likeness (QED) is 0.824. The molecule has 5 heteroatoms. The largest absolute Gasteiger partial charge is 0.416 e. The van der Waals surface area contributed by atoms with Crippen LogP contribution < -0.4 is 5.32 Å². The molecule has 0 bridgehead atoms. The van der Waals surface area contributed by atoms with Crippen LogP contribution in [-0.4, -0.2) is 18.1 Å². The molecule has 0 saturated heterocycles. The topological polar surface area (TPSA) is 12.0 Å². The predicted molar refractivity (Wildman–Crippen MR) is 82.7 cm³/mol. The van der Waals surface area contributed by atoms with Crippen molar-refractivity contribution in [3.63, 3.8) is 0 Å². The molecule has 1 aliphatic carbocycles. The minimum absolute atomic E-state index is 0.109. The zero-order chi connectivity index (χ0) is 15.5. The molecule has 1 atom stereocenters. The predicted octanol–water partition coefficient (Wildman–Crippen LogP) is 4.95. The van der Waals surface area contributed by atoms with Gasteiger partial charge >= 0.3 is 6.18 Å². The van der Waals surface area contributed by atoms with E-state index < -0.39 is 11.7 Å². The maximum Gasteiger partial charge on any atom is 0.416 e. The van der Waals surface area contributed by atoms with Gasteiger partial charge in [0.15, 0.2) is 0 Å². The van der Waals surface area contributed by atoms with E-state index in [1.54, 1.807) is 13.0 Å². The summed E-state index contributed by atoms with van der Waals surface area (Å²) in [5.74, 6) is 0.910. The van der Waals surface area contributed by atoms with Crippen LogP contribution in [0, 0.1) is 6.92 Å². The van der Waals surface area contributed by atoms with Gasteiger partial charge in [0.25, 0.3) is 0 Å². The number of hydrogen-bond acceptors (Lipinski definition) is 2. The Kier molecular flexibility index (Phi) is 5.60. The van der Waals surface area contributed by atoms with Gasteiger partial charge in [-0.2, -0.15) is 24.9 Å². The number of benzene rings is 1. The molecule has 2 rings (SSSR count). The van der Waals surface area contributed by atoms with Crippen molar-refractivity contribution >= 4 is 11.8 Å². The van der Waals surface area contributed by atoms with E-state index >= 15 is 0 Å². The second kappa shape index (κ2) is 7.05. The lowest BCUT2D eigenvalue weighted by atomic mass is 9.99. The third-order valence-electron chi connectivity index (χ3n) is 4.12. The SMILES string of the molecule is CNC(CSC1CCCC1)c1ccc(C(F)(F)F)cc1C. The van der Waals surface area contributed by atoms with Gasteiger partial charge in [0.1, 0.15) is 0 Å². The van der Waals surface area contributed by atoms with Crippen molar-refractivity contribution in [2.75, 3.05) is 12.8 Å². The Bertz CT molecular complexity index is 467. The second-order valence-electron chi connectivity index (χ2n) is 5.65. The van der Waals surface area contributed by atoms with Gasteiger partial charge in [0, 0.05) is 17.0 Å². The summed E-state index contributed by atoms with van der Waals surface area (Å²) in [4.78, 5) is 0. The molecule has 1 aromatic rings. The van der Waals surface area contributed by atoms with Crippen LogP contribution in [-0.2, 0) is 6.18 Å². The van der Waals surface area contributed by atoms with Crippen molar-refractivity contribution in [1.82, 2.24) is 5.32 Å². The second-order valence-corrected chi connectivity index (χ2v) is 6.98. The molecule has 21 heavy (non-hydrogen) atoms. The van der Waals surface area contributed by atoms with E-state index in [0.29, 0.717) is 5.56 Å². The molecule has 1 saturated carbocycles. The highest BCUT2D eigenvalue weighted by Crippen LogP contribution is 2.34.